The van der Waals surface area contributed by atoms with Crippen molar-refractivity contribution in [2.45, 2.75) is 0 Å². The van der Waals surface area contributed by atoms with E-state index in [0.29, 0.717) is 32.2 Å². The van der Waals surface area contributed by atoms with Gasteiger partial charge >= 0.3 is 0 Å². The molecular formula is C17H14BrClN4O3. The van der Waals surface area contributed by atoms with Crippen molar-refractivity contribution in [2.24, 2.45) is 0 Å². The Balaban J connectivity index is 1.95. The quantitative estimate of drug-likeness (QED) is 0.654. The van der Waals surface area contributed by atoms with Crippen LogP contribution in [0.2, 0.25) is 5.02 Å². The number of aromatic nitrogens is 3. The number of amides is 1. The van der Waals surface area contributed by atoms with E-state index in [9.17, 15) is 4.79 Å². The van der Waals surface area contributed by atoms with Crippen LogP contribution in [-0.2, 0) is 0 Å². The third-order valence-electron chi connectivity index (χ3n) is 3.63. The third-order valence-corrected chi connectivity index (χ3v) is 4.62. The van der Waals surface area contributed by atoms with Crippen LogP contribution in [0.4, 0.5) is 5.69 Å². The Morgan fingerprint density at radius 3 is 2.54 bits per heavy atom. The van der Waals surface area contributed by atoms with Crippen molar-refractivity contribution < 1.29 is 14.3 Å². The van der Waals surface area contributed by atoms with E-state index >= 15 is 0 Å². The molecule has 0 atom stereocenters. The number of methoxy groups -OCH3 is 2. The van der Waals surface area contributed by atoms with E-state index in [-0.39, 0.29) is 5.91 Å². The van der Waals surface area contributed by atoms with Gasteiger partial charge in [0.15, 0.2) is 0 Å². The minimum Gasteiger partial charge on any atom is -0.497 e. The third kappa shape index (κ3) is 3.66. The Morgan fingerprint density at radius 1 is 1.15 bits per heavy atom. The van der Waals surface area contributed by atoms with Gasteiger partial charge in [-0.15, -0.1) is 10.2 Å². The summed E-state index contributed by atoms with van der Waals surface area (Å²) >= 11 is 9.67. The van der Waals surface area contributed by atoms with E-state index in [1.807, 2.05) is 6.07 Å². The van der Waals surface area contributed by atoms with Gasteiger partial charge in [0.05, 0.1) is 24.8 Å². The van der Waals surface area contributed by atoms with E-state index in [1.165, 1.54) is 14.2 Å². The lowest BCUT2D eigenvalue weighted by Crippen LogP contribution is -2.14. The zero-order chi connectivity index (χ0) is 18.7. The summed E-state index contributed by atoms with van der Waals surface area (Å²) in [5.74, 6) is 0.576. The van der Waals surface area contributed by atoms with E-state index < -0.39 is 0 Å². The van der Waals surface area contributed by atoms with E-state index in [4.69, 9.17) is 21.1 Å². The van der Waals surface area contributed by atoms with Crippen LogP contribution < -0.4 is 14.8 Å². The summed E-state index contributed by atoms with van der Waals surface area (Å²) in [6.07, 6.45) is 3.10. The summed E-state index contributed by atoms with van der Waals surface area (Å²) in [5.41, 5.74) is 1.53. The molecule has 0 saturated carbocycles. The highest BCUT2D eigenvalue weighted by Gasteiger charge is 2.17. The Labute approximate surface area is 163 Å². The molecule has 9 heteroatoms. The first kappa shape index (κ1) is 18.2. The number of carbonyl (C=O) groups excluding carboxylic acids is 1. The number of hydrogen-bond acceptors (Lipinski definition) is 5. The minimum atomic E-state index is -0.350. The van der Waals surface area contributed by atoms with Crippen molar-refractivity contribution in [3.8, 4) is 17.2 Å². The summed E-state index contributed by atoms with van der Waals surface area (Å²) in [7, 11) is 3.01. The van der Waals surface area contributed by atoms with Gasteiger partial charge in [0, 0.05) is 22.3 Å². The SMILES string of the molecule is COc1cc(Cl)c(NC(=O)c2cc(-n3cnnc3)ccc2Br)c(OC)c1. The van der Waals surface area contributed by atoms with Gasteiger partial charge in [-0.05, 0) is 34.1 Å². The predicted molar refractivity (Wildman–Crippen MR) is 102 cm³/mol. The maximum Gasteiger partial charge on any atom is 0.257 e. The summed E-state index contributed by atoms with van der Waals surface area (Å²) in [4.78, 5) is 12.8. The number of ether oxygens (including phenoxy) is 2. The number of rotatable bonds is 5. The minimum absolute atomic E-state index is 0.306. The molecule has 1 aromatic heterocycles. The molecule has 26 heavy (non-hydrogen) atoms. The van der Waals surface area contributed by atoms with Gasteiger partial charge in [0.2, 0.25) is 0 Å². The van der Waals surface area contributed by atoms with Gasteiger partial charge in [-0.1, -0.05) is 11.6 Å². The standard InChI is InChI=1S/C17H14BrClN4O3/c1-25-11-6-14(19)16(15(7-11)26-2)22-17(24)12-5-10(3-4-13(12)18)23-8-20-21-9-23/h3-9H,1-2H3,(H,22,24). The number of benzene rings is 2. The number of halogens is 2. The average Bonchev–Trinajstić information content (AvgIpc) is 3.18. The van der Waals surface area contributed by atoms with Crippen LogP contribution >= 0.6 is 27.5 Å². The Bertz CT molecular complexity index is 947. The van der Waals surface area contributed by atoms with Crippen molar-refractivity contribution in [3.63, 3.8) is 0 Å². The van der Waals surface area contributed by atoms with Gasteiger partial charge in [0.1, 0.15) is 29.8 Å². The van der Waals surface area contributed by atoms with Gasteiger partial charge < -0.3 is 14.8 Å². The number of nitrogens with one attached hydrogen (secondary N) is 1. The van der Waals surface area contributed by atoms with Gasteiger partial charge in [0.25, 0.3) is 5.91 Å². The van der Waals surface area contributed by atoms with E-state index in [0.717, 1.165) is 5.69 Å². The Morgan fingerprint density at radius 2 is 1.88 bits per heavy atom. The molecular weight excluding hydrogens is 424 g/mol. The van der Waals surface area contributed by atoms with Gasteiger partial charge in [-0.25, -0.2) is 0 Å². The largest absolute Gasteiger partial charge is 0.497 e. The Hall–Kier alpha value is -2.58. The van der Waals surface area contributed by atoms with Crippen LogP contribution in [0.3, 0.4) is 0 Å². The molecule has 1 amide bonds. The maximum atomic E-state index is 12.8. The lowest BCUT2D eigenvalue weighted by Gasteiger charge is -2.14. The molecule has 0 aliphatic carbocycles. The number of anilines is 1. The molecule has 1 heterocycles. The maximum absolute atomic E-state index is 12.8. The van der Waals surface area contributed by atoms with Crippen LogP contribution in [0, 0.1) is 0 Å². The fraction of sp³-hybridized carbons (Fsp3) is 0.118. The summed E-state index contributed by atoms with van der Waals surface area (Å²) in [6, 6.07) is 8.57. The summed E-state index contributed by atoms with van der Waals surface area (Å²) in [5, 5.41) is 10.6. The highest BCUT2D eigenvalue weighted by molar-refractivity contribution is 9.10. The average molecular weight is 438 g/mol. The first-order valence-corrected chi connectivity index (χ1v) is 8.58. The molecule has 134 valence electrons. The molecule has 3 rings (SSSR count). The molecule has 7 nitrogen and oxygen atoms in total. The van der Waals surface area contributed by atoms with Crippen LogP contribution in [0.5, 0.6) is 11.5 Å². The number of carbonyl (C=O) groups is 1. The van der Waals surface area contributed by atoms with Gasteiger partial charge in [-0.2, -0.15) is 0 Å². The second-order valence-corrected chi connectivity index (χ2v) is 6.44. The van der Waals surface area contributed by atoms with Crippen molar-refractivity contribution in [3.05, 3.63) is 58.0 Å². The number of hydrogen-bond donors (Lipinski definition) is 1. The normalized spacial score (nSPS) is 10.5. The molecule has 3 aromatic rings. The molecule has 0 bridgehead atoms. The summed E-state index contributed by atoms with van der Waals surface area (Å²) in [6.45, 7) is 0. The number of nitrogens with zero attached hydrogens (tertiary/aromatic N) is 3. The zero-order valence-corrected chi connectivity index (χ0v) is 16.2. The first-order chi connectivity index (χ1) is 12.5. The molecule has 2 aromatic carbocycles. The topological polar surface area (TPSA) is 78.3 Å². The van der Waals surface area contributed by atoms with Crippen molar-refractivity contribution in [1.82, 2.24) is 14.8 Å². The van der Waals surface area contributed by atoms with Crippen LogP contribution in [0.1, 0.15) is 10.4 Å². The van der Waals surface area contributed by atoms with E-state index in [2.05, 4.69) is 31.4 Å². The van der Waals surface area contributed by atoms with Crippen molar-refractivity contribution >= 4 is 39.1 Å². The van der Waals surface area contributed by atoms with Crippen molar-refractivity contribution in [1.29, 1.82) is 0 Å². The molecule has 0 spiro atoms. The molecule has 0 unspecified atom stereocenters. The van der Waals surface area contributed by atoms with Crippen molar-refractivity contribution in [2.75, 3.05) is 19.5 Å². The molecule has 0 saturated heterocycles. The lowest BCUT2D eigenvalue weighted by atomic mass is 10.1. The molecule has 0 fully saturated rings. The van der Waals surface area contributed by atoms with Crippen LogP contribution in [0.15, 0.2) is 47.5 Å². The molecule has 1 N–H and O–H groups in total. The second kappa shape index (κ2) is 7.76. The first-order valence-electron chi connectivity index (χ1n) is 7.41. The molecule has 0 radical (unpaired) electrons. The highest BCUT2D eigenvalue weighted by atomic mass is 79.9. The molecule has 0 aliphatic heterocycles. The lowest BCUT2D eigenvalue weighted by molar-refractivity contribution is 0.102. The predicted octanol–water partition coefficient (Wildman–Crippen LogP) is 3.95. The second-order valence-electron chi connectivity index (χ2n) is 5.17. The van der Waals surface area contributed by atoms with E-state index in [1.54, 1.807) is 41.5 Å². The fourth-order valence-corrected chi connectivity index (χ4v) is 3.00. The van der Waals surface area contributed by atoms with Gasteiger partial charge in [-0.3, -0.25) is 9.36 Å². The van der Waals surface area contributed by atoms with Crippen LogP contribution in [0.25, 0.3) is 5.69 Å². The van der Waals surface area contributed by atoms with Crippen LogP contribution in [-0.4, -0.2) is 34.9 Å². The highest BCUT2D eigenvalue weighted by Crippen LogP contribution is 2.37. The molecule has 0 aliphatic rings. The summed E-state index contributed by atoms with van der Waals surface area (Å²) < 4.78 is 12.8. The zero-order valence-electron chi connectivity index (χ0n) is 13.9. The smallest absolute Gasteiger partial charge is 0.257 e. The monoisotopic (exact) mass is 436 g/mol. The Kier molecular flexibility index (Phi) is 5.43. The fourth-order valence-electron chi connectivity index (χ4n) is 2.32.